The van der Waals surface area contributed by atoms with Crippen molar-refractivity contribution in [1.29, 1.82) is 0 Å². The summed E-state index contributed by atoms with van der Waals surface area (Å²) < 4.78 is 52.2. The summed E-state index contributed by atoms with van der Waals surface area (Å²) in [6.07, 6.45) is 0.0250. The van der Waals surface area contributed by atoms with Crippen molar-refractivity contribution in [2.45, 2.75) is 12.8 Å². The maximum absolute atomic E-state index is 11.8. The molecule has 0 fully saturated rings. The second-order valence-corrected chi connectivity index (χ2v) is 5.54. The van der Waals surface area contributed by atoms with Crippen molar-refractivity contribution < 1.29 is 20.7 Å². The van der Waals surface area contributed by atoms with E-state index in [0.29, 0.717) is 0 Å². The molecule has 0 aliphatic carbocycles. The van der Waals surface area contributed by atoms with Gasteiger partial charge in [-0.15, -0.1) is 3.89 Å². The molecule has 0 unspecified atom stereocenters. The lowest BCUT2D eigenvalue weighted by Gasteiger charge is -1.95. The van der Waals surface area contributed by atoms with Crippen LogP contribution in [-0.2, 0) is 20.2 Å². The zero-order valence-electron chi connectivity index (χ0n) is 6.23. The van der Waals surface area contributed by atoms with Crippen molar-refractivity contribution in [1.82, 2.24) is 0 Å². The second kappa shape index (κ2) is 4.15. The molecule has 0 aromatic carbocycles. The minimum atomic E-state index is -4.48. The fraction of sp³-hybridized carbons (Fsp3) is 1.00. The molecule has 0 aromatic heterocycles. The summed E-state index contributed by atoms with van der Waals surface area (Å²) >= 11 is 0. The highest BCUT2D eigenvalue weighted by atomic mass is 32.3. The van der Waals surface area contributed by atoms with Crippen LogP contribution in [0.3, 0.4) is 0 Å². The summed E-state index contributed by atoms with van der Waals surface area (Å²) in [4.78, 5) is 0. The number of sulfonamides is 1. The molecule has 5 nitrogen and oxygen atoms in total. The molecule has 0 rings (SSSR count). The SMILES string of the molecule is NS(=O)(=O)CCCCS(=O)(=O)F. The zero-order chi connectivity index (χ0) is 9.83. The van der Waals surface area contributed by atoms with Crippen LogP contribution in [-0.4, -0.2) is 28.3 Å². The van der Waals surface area contributed by atoms with Crippen LogP contribution in [0.2, 0.25) is 0 Å². The Morgan fingerprint density at radius 3 is 1.75 bits per heavy atom. The Kier molecular flexibility index (Phi) is 4.08. The van der Waals surface area contributed by atoms with E-state index >= 15 is 0 Å². The molecule has 0 heterocycles. The van der Waals surface area contributed by atoms with Crippen LogP contribution in [0.1, 0.15) is 12.8 Å². The van der Waals surface area contributed by atoms with Gasteiger partial charge < -0.3 is 0 Å². The smallest absolute Gasteiger partial charge is 0.229 e. The van der Waals surface area contributed by atoms with Crippen LogP contribution in [0.5, 0.6) is 0 Å². The van der Waals surface area contributed by atoms with E-state index in [2.05, 4.69) is 5.14 Å². The number of hydrogen-bond acceptors (Lipinski definition) is 4. The van der Waals surface area contributed by atoms with Gasteiger partial charge >= 0.3 is 10.2 Å². The number of hydrogen-bond donors (Lipinski definition) is 1. The minimum absolute atomic E-state index is 0.0325. The molecule has 0 spiro atoms. The Labute approximate surface area is 71.0 Å². The fourth-order valence-electron chi connectivity index (χ4n) is 0.578. The van der Waals surface area contributed by atoms with Crippen molar-refractivity contribution in [3.05, 3.63) is 0 Å². The van der Waals surface area contributed by atoms with Crippen molar-refractivity contribution >= 4 is 20.2 Å². The predicted molar refractivity (Wildman–Crippen MR) is 42.1 cm³/mol. The van der Waals surface area contributed by atoms with E-state index in [4.69, 9.17) is 0 Å². The Balaban J connectivity index is 3.62. The molecule has 0 aromatic rings. The summed E-state index contributed by atoms with van der Waals surface area (Å²) in [7, 11) is -8.04. The molecule has 0 aliphatic rings. The second-order valence-electron chi connectivity index (χ2n) is 2.32. The van der Waals surface area contributed by atoms with Gasteiger partial charge in [-0.2, -0.15) is 8.42 Å². The number of halogens is 1. The summed E-state index contributed by atoms with van der Waals surface area (Å²) in [5.74, 6) is -0.967. The molecule has 0 saturated heterocycles. The van der Waals surface area contributed by atoms with E-state index in [-0.39, 0.29) is 18.6 Å². The first-order valence-corrected chi connectivity index (χ1v) is 6.40. The van der Waals surface area contributed by atoms with Crippen molar-refractivity contribution in [2.75, 3.05) is 11.5 Å². The standard InChI is InChI=1S/C4H10FNO4S2/c5-11(7,8)3-1-2-4-12(6,9)10/h1-4H2,(H2,6,9,10). The quantitative estimate of drug-likeness (QED) is 0.491. The van der Waals surface area contributed by atoms with Gasteiger partial charge in [-0.25, -0.2) is 13.6 Å². The third-order valence-corrected chi connectivity index (χ3v) is 2.70. The van der Waals surface area contributed by atoms with Gasteiger partial charge in [0.2, 0.25) is 10.0 Å². The average Bonchev–Trinajstić information content (AvgIpc) is 1.76. The lowest BCUT2D eigenvalue weighted by atomic mass is 10.4. The maximum atomic E-state index is 11.8. The van der Waals surface area contributed by atoms with Crippen LogP contribution in [0, 0.1) is 0 Å². The molecule has 0 atom stereocenters. The first-order valence-electron chi connectivity index (χ1n) is 3.13. The minimum Gasteiger partial charge on any atom is -0.229 e. The van der Waals surface area contributed by atoms with Gasteiger partial charge in [-0.05, 0) is 12.8 Å². The van der Waals surface area contributed by atoms with Crippen molar-refractivity contribution in [3.63, 3.8) is 0 Å². The number of primary sulfonamides is 1. The zero-order valence-corrected chi connectivity index (χ0v) is 7.87. The third kappa shape index (κ3) is 9.79. The van der Waals surface area contributed by atoms with Gasteiger partial charge in [0.1, 0.15) is 0 Å². The van der Waals surface area contributed by atoms with Gasteiger partial charge in [0.15, 0.2) is 0 Å². The molecular formula is C4H10FNO4S2. The topological polar surface area (TPSA) is 94.3 Å². The summed E-state index contributed by atoms with van der Waals surface area (Å²) in [6.45, 7) is 0. The largest absolute Gasteiger partial charge is 0.302 e. The van der Waals surface area contributed by atoms with Gasteiger partial charge in [0, 0.05) is 0 Å². The summed E-state index contributed by atoms with van der Waals surface area (Å²) in [5.41, 5.74) is 0. The Bertz CT molecular complexity index is 285. The lowest BCUT2D eigenvalue weighted by molar-refractivity contribution is 0.547. The van der Waals surface area contributed by atoms with Crippen molar-refractivity contribution in [3.8, 4) is 0 Å². The van der Waals surface area contributed by atoms with Gasteiger partial charge in [0.25, 0.3) is 0 Å². The molecule has 12 heavy (non-hydrogen) atoms. The molecular weight excluding hydrogens is 209 g/mol. The van der Waals surface area contributed by atoms with Crippen LogP contribution in [0.25, 0.3) is 0 Å². The molecule has 0 bridgehead atoms. The van der Waals surface area contributed by atoms with E-state index < -0.39 is 26.0 Å². The summed E-state index contributed by atoms with van der Waals surface area (Å²) in [6, 6.07) is 0. The predicted octanol–water partition coefficient (Wildman–Crippen LogP) is -0.646. The molecule has 0 amide bonds. The molecule has 2 N–H and O–H groups in total. The number of unbranched alkanes of at least 4 members (excludes halogenated alkanes) is 1. The highest BCUT2D eigenvalue weighted by Crippen LogP contribution is 1.99. The fourth-order valence-corrected chi connectivity index (χ4v) is 1.73. The highest BCUT2D eigenvalue weighted by molar-refractivity contribution is 7.89. The molecule has 0 aliphatic heterocycles. The van der Waals surface area contributed by atoms with E-state index in [0.717, 1.165) is 0 Å². The monoisotopic (exact) mass is 219 g/mol. The van der Waals surface area contributed by atoms with Gasteiger partial charge in [-0.3, -0.25) is 0 Å². The van der Waals surface area contributed by atoms with Crippen LogP contribution >= 0.6 is 0 Å². The van der Waals surface area contributed by atoms with Gasteiger partial charge in [-0.1, -0.05) is 0 Å². The molecule has 0 saturated carbocycles. The third-order valence-electron chi connectivity index (χ3n) is 1.07. The normalized spacial score (nSPS) is 13.2. The van der Waals surface area contributed by atoms with E-state index in [1.807, 2.05) is 0 Å². The Morgan fingerprint density at radius 2 is 1.42 bits per heavy atom. The molecule has 0 radical (unpaired) electrons. The van der Waals surface area contributed by atoms with Crippen molar-refractivity contribution in [2.24, 2.45) is 5.14 Å². The molecule has 74 valence electrons. The van der Waals surface area contributed by atoms with E-state index in [9.17, 15) is 20.7 Å². The van der Waals surface area contributed by atoms with Crippen LogP contribution in [0.4, 0.5) is 3.89 Å². The Morgan fingerprint density at radius 1 is 1.00 bits per heavy atom. The Hall–Kier alpha value is -0.210. The molecule has 8 heteroatoms. The summed E-state index contributed by atoms with van der Waals surface area (Å²) in [5, 5.41) is 4.61. The average molecular weight is 219 g/mol. The van der Waals surface area contributed by atoms with Crippen LogP contribution in [0.15, 0.2) is 0 Å². The highest BCUT2D eigenvalue weighted by Gasteiger charge is 2.08. The van der Waals surface area contributed by atoms with Crippen LogP contribution < -0.4 is 5.14 Å². The van der Waals surface area contributed by atoms with Gasteiger partial charge in [0.05, 0.1) is 11.5 Å². The van der Waals surface area contributed by atoms with E-state index in [1.54, 1.807) is 0 Å². The maximum Gasteiger partial charge on any atom is 0.302 e. The lowest BCUT2D eigenvalue weighted by Crippen LogP contribution is -2.16. The number of nitrogens with two attached hydrogens (primary N) is 1. The number of rotatable bonds is 5. The van der Waals surface area contributed by atoms with E-state index in [1.165, 1.54) is 0 Å². The first kappa shape index (κ1) is 11.8. The first-order chi connectivity index (χ1) is 5.21.